The highest BCUT2D eigenvalue weighted by Crippen LogP contribution is 2.13. The topological polar surface area (TPSA) is 78.7 Å². The number of hydrogen-bond acceptors (Lipinski definition) is 3. The molecule has 0 saturated heterocycles. The highest BCUT2D eigenvalue weighted by atomic mass is 16.4. The second kappa shape index (κ2) is 5.94. The van der Waals surface area contributed by atoms with Gasteiger partial charge in [0.2, 0.25) is 0 Å². The zero-order valence-electron chi connectivity index (χ0n) is 11.8. The van der Waals surface area contributed by atoms with E-state index in [4.69, 9.17) is 5.11 Å². The lowest BCUT2D eigenvalue weighted by Gasteiger charge is -2.33. The fourth-order valence-corrected chi connectivity index (χ4v) is 2.35. The standard InChI is InChI=1S/C13H20N4O3/c1-10(2)7-17(9-12(18)19)13(20)16-6-5-15-4-3-14-11(15)8-16/h3-4,10H,5-9H2,1-2H3,(H,18,19). The molecule has 0 aliphatic carbocycles. The van der Waals surface area contributed by atoms with Crippen molar-refractivity contribution in [2.45, 2.75) is 26.9 Å². The first-order valence-electron chi connectivity index (χ1n) is 6.73. The van der Waals surface area contributed by atoms with E-state index < -0.39 is 5.97 Å². The molecule has 0 aromatic carbocycles. The van der Waals surface area contributed by atoms with Crippen molar-refractivity contribution in [3.05, 3.63) is 18.2 Å². The molecular formula is C13H20N4O3. The molecule has 7 heteroatoms. The summed E-state index contributed by atoms with van der Waals surface area (Å²) < 4.78 is 2.01. The lowest BCUT2D eigenvalue weighted by atomic mass is 10.2. The van der Waals surface area contributed by atoms with Crippen LogP contribution in [-0.2, 0) is 17.9 Å². The third-order valence-electron chi connectivity index (χ3n) is 3.20. The molecule has 0 unspecified atom stereocenters. The fraction of sp³-hybridized carbons (Fsp3) is 0.615. The van der Waals surface area contributed by atoms with Gasteiger partial charge < -0.3 is 19.5 Å². The van der Waals surface area contributed by atoms with Crippen molar-refractivity contribution in [3.8, 4) is 0 Å². The lowest BCUT2D eigenvalue weighted by molar-refractivity contribution is -0.137. The minimum Gasteiger partial charge on any atom is -0.480 e. The Morgan fingerprint density at radius 1 is 1.45 bits per heavy atom. The molecule has 1 aliphatic rings. The van der Waals surface area contributed by atoms with Crippen LogP contribution in [0.15, 0.2) is 12.4 Å². The third-order valence-corrected chi connectivity index (χ3v) is 3.20. The van der Waals surface area contributed by atoms with Gasteiger partial charge in [-0.15, -0.1) is 0 Å². The Labute approximate surface area is 117 Å². The number of carboxylic acid groups (broad SMARTS) is 1. The van der Waals surface area contributed by atoms with Gasteiger partial charge in [0, 0.05) is 32.0 Å². The Bertz CT molecular complexity index is 498. The van der Waals surface area contributed by atoms with Crippen LogP contribution in [0.5, 0.6) is 0 Å². The van der Waals surface area contributed by atoms with Gasteiger partial charge in [0.05, 0.1) is 6.54 Å². The van der Waals surface area contributed by atoms with Gasteiger partial charge >= 0.3 is 12.0 Å². The Balaban J connectivity index is 2.06. The number of nitrogens with zero attached hydrogens (tertiary/aromatic N) is 4. The number of aliphatic carboxylic acids is 1. The maximum Gasteiger partial charge on any atom is 0.323 e. The van der Waals surface area contributed by atoms with Gasteiger partial charge in [0.1, 0.15) is 12.4 Å². The Morgan fingerprint density at radius 2 is 2.20 bits per heavy atom. The summed E-state index contributed by atoms with van der Waals surface area (Å²) in [6.45, 7) is 5.81. The van der Waals surface area contributed by atoms with Crippen LogP contribution in [0.1, 0.15) is 19.7 Å². The molecule has 0 bridgehead atoms. The maximum atomic E-state index is 12.5. The highest BCUT2D eigenvalue weighted by molar-refractivity contribution is 5.80. The van der Waals surface area contributed by atoms with Crippen LogP contribution < -0.4 is 0 Å². The van der Waals surface area contributed by atoms with E-state index in [9.17, 15) is 9.59 Å². The minimum atomic E-state index is -0.988. The van der Waals surface area contributed by atoms with Crippen LogP contribution in [-0.4, -0.2) is 56.1 Å². The van der Waals surface area contributed by atoms with Gasteiger partial charge in [-0.2, -0.15) is 0 Å². The normalized spacial score (nSPS) is 14.2. The summed E-state index contributed by atoms with van der Waals surface area (Å²) in [7, 11) is 0. The predicted molar refractivity (Wildman–Crippen MR) is 72.1 cm³/mol. The zero-order chi connectivity index (χ0) is 14.7. The molecule has 0 spiro atoms. The first kappa shape index (κ1) is 14.4. The molecule has 2 heterocycles. The summed E-state index contributed by atoms with van der Waals surface area (Å²) in [5, 5.41) is 8.94. The van der Waals surface area contributed by atoms with Gasteiger partial charge in [-0.3, -0.25) is 4.79 Å². The van der Waals surface area contributed by atoms with Crippen LogP contribution >= 0.6 is 0 Å². The summed E-state index contributed by atoms with van der Waals surface area (Å²) >= 11 is 0. The van der Waals surface area contributed by atoms with E-state index in [1.54, 1.807) is 11.1 Å². The summed E-state index contributed by atoms with van der Waals surface area (Å²) in [4.78, 5) is 30.6. The largest absolute Gasteiger partial charge is 0.480 e. The van der Waals surface area contributed by atoms with Crippen molar-refractivity contribution in [3.63, 3.8) is 0 Å². The molecule has 7 nitrogen and oxygen atoms in total. The van der Waals surface area contributed by atoms with E-state index in [1.165, 1.54) is 4.90 Å². The van der Waals surface area contributed by atoms with Gasteiger partial charge in [-0.1, -0.05) is 13.8 Å². The lowest BCUT2D eigenvalue weighted by Crippen LogP contribution is -2.49. The molecule has 110 valence electrons. The highest BCUT2D eigenvalue weighted by Gasteiger charge is 2.27. The minimum absolute atomic E-state index is 0.227. The number of urea groups is 1. The molecule has 0 saturated carbocycles. The van der Waals surface area contributed by atoms with Crippen molar-refractivity contribution >= 4 is 12.0 Å². The molecule has 1 aliphatic heterocycles. The van der Waals surface area contributed by atoms with E-state index in [-0.39, 0.29) is 18.5 Å². The number of aromatic nitrogens is 2. The van der Waals surface area contributed by atoms with E-state index in [1.807, 2.05) is 24.6 Å². The smallest absolute Gasteiger partial charge is 0.323 e. The second-order valence-electron chi connectivity index (χ2n) is 5.41. The Kier molecular flexibility index (Phi) is 4.26. The average molecular weight is 280 g/mol. The number of carbonyl (C=O) groups is 2. The molecule has 0 fully saturated rings. The van der Waals surface area contributed by atoms with Crippen molar-refractivity contribution in [2.24, 2.45) is 5.92 Å². The second-order valence-corrected chi connectivity index (χ2v) is 5.41. The van der Waals surface area contributed by atoms with Crippen molar-refractivity contribution < 1.29 is 14.7 Å². The number of hydrogen-bond donors (Lipinski definition) is 1. The number of carboxylic acids is 1. The van der Waals surface area contributed by atoms with Crippen LogP contribution in [0.3, 0.4) is 0 Å². The van der Waals surface area contributed by atoms with Crippen molar-refractivity contribution in [2.75, 3.05) is 19.6 Å². The first-order chi connectivity index (χ1) is 9.47. The summed E-state index contributed by atoms with van der Waals surface area (Å²) in [6, 6.07) is -0.227. The monoisotopic (exact) mass is 280 g/mol. The quantitative estimate of drug-likeness (QED) is 0.887. The molecule has 1 aromatic rings. The molecule has 0 atom stereocenters. The van der Waals surface area contributed by atoms with E-state index in [2.05, 4.69) is 4.98 Å². The molecule has 1 aromatic heterocycles. The van der Waals surface area contributed by atoms with Gasteiger partial charge in [-0.05, 0) is 5.92 Å². The van der Waals surface area contributed by atoms with Crippen LogP contribution in [0.2, 0.25) is 0 Å². The van der Waals surface area contributed by atoms with Crippen molar-refractivity contribution in [1.82, 2.24) is 19.4 Å². The molecule has 2 rings (SSSR count). The Hall–Kier alpha value is -2.05. The molecule has 1 N–H and O–H groups in total. The van der Waals surface area contributed by atoms with E-state index >= 15 is 0 Å². The average Bonchev–Trinajstić information content (AvgIpc) is 2.83. The van der Waals surface area contributed by atoms with Crippen LogP contribution in [0, 0.1) is 5.92 Å². The summed E-state index contributed by atoms with van der Waals surface area (Å²) in [5.74, 6) is 0.0759. The fourth-order valence-electron chi connectivity index (χ4n) is 2.35. The maximum absolute atomic E-state index is 12.5. The van der Waals surface area contributed by atoms with Crippen molar-refractivity contribution in [1.29, 1.82) is 0 Å². The van der Waals surface area contributed by atoms with Gasteiger partial charge in [0.15, 0.2) is 0 Å². The van der Waals surface area contributed by atoms with Gasteiger partial charge in [0.25, 0.3) is 0 Å². The third kappa shape index (κ3) is 3.28. The SMILES string of the molecule is CC(C)CN(CC(=O)O)C(=O)N1CCn2ccnc2C1. The van der Waals surface area contributed by atoms with Gasteiger partial charge in [-0.25, -0.2) is 9.78 Å². The van der Waals surface area contributed by atoms with Crippen LogP contribution in [0.25, 0.3) is 0 Å². The number of rotatable bonds is 4. The molecular weight excluding hydrogens is 260 g/mol. The summed E-state index contributed by atoms with van der Waals surface area (Å²) in [5.41, 5.74) is 0. The first-order valence-corrected chi connectivity index (χ1v) is 6.73. The van der Waals surface area contributed by atoms with Crippen LogP contribution in [0.4, 0.5) is 4.79 Å². The number of amides is 2. The molecule has 0 radical (unpaired) electrons. The molecule has 2 amide bonds. The van der Waals surface area contributed by atoms with E-state index in [0.29, 0.717) is 26.2 Å². The zero-order valence-corrected chi connectivity index (χ0v) is 11.8. The number of imidazole rings is 1. The number of fused-ring (bicyclic) bond motifs is 1. The Morgan fingerprint density at radius 3 is 2.85 bits per heavy atom. The predicted octanol–water partition coefficient (Wildman–Crippen LogP) is 0.861. The molecule has 20 heavy (non-hydrogen) atoms. The summed E-state index contributed by atoms with van der Waals surface area (Å²) in [6.07, 6.45) is 3.60. The number of carbonyl (C=O) groups excluding carboxylic acids is 1. The van der Waals surface area contributed by atoms with E-state index in [0.717, 1.165) is 5.82 Å².